The van der Waals surface area contributed by atoms with Gasteiger partial charge in [0.15, 0.2) is 11.7 Å². The van der Waals surface area contributed by atoms with Gasteiger partial charge in [-0.15, -0.1) is 0 Å². The molecule has 1 aromatic carbocycles. The van der Waals surface area contributed by atoms with E-state index in [2.05, 4.69) is 32.3 Å². The molecule has 0 spiro atoms. The van der Waals surface area contributed by atoms with Gasteiger partial charge in [0.2, 0.25) is 0 Å². The number of hydrogen-bond acceptors (Lipinski definition) is 3. The molecular formula is C16H19BrN4O2. The topological polar surface area (TPSA) is 83.9 Å². The summed E-state index contributed by atoms with van der Waals surface area (Å²) < 4.78 is 6.39. The van der Waals surface area contributed by atoms with Crippen LogP contribution in [0.3, 0.4) is 0 Å². The molecule has 0 aliphatic heterocycles. The molecule has 6 nitrogen and oxygen atoms in total. The average Bonchev–Trinajstić information content (AvgIpc) is 2.99. The van der Waals surface area contributed by atoms with Gasteiger partial charge in [-0.25, -0.2) is 0 Å². The van der Waals surface area contributed by atoms with Crippen LogP contribution >= 0.6 is 15.9 Å². The summed E-state index contributed by atoms with van der Waals surface area (Å²) in [5.41, 5.74) is 6.33. The summed E-state index contributed by atoms with van der Waals surface area (Å²) in [6.07, 6.45) is 0. The van der Waals surface area contributed by atoms with Gasteiger partial charge in [-0.2, -0.15) is 0 Å². The highest BCUT2D eigenvalue weighted by Crippen LogP contribution is 2.17. The van der Waals surface area contributed by atoms with Crippen LogP contribution in [-0.4, -0.2) is 30.9 Å². The van der Waals surface area contributed by atoms with Crippen LogP contribution in [0, 0.1) is 0 Å². The van der Waals surface area contributed by atoms with Crippen molar-refractivity contribution in [3.63, 3.8) is 0 Å². The Bertz CT molecular complexity index is 712. The number of aliphatic imine (C=N–C) groups is 1. The van der Waals surface area contributed by atoms with Crippen LogP contribution in [-0.2, 0) is 13.1 Å². The SMILES string of the molecule is CN=C(NCc1ccc(C(N)=O)o1)N(C)Cc1ccccc1Br. The van der Waals surface area contributed by atoms with Gasteiger partial charge in [-0.3, -0.25) is 9.79 Å². The van der Waals surface area contributed by atoms with E-state index in [0.717, 1.165) is 16.0 Å². The summed E-state index contributed by atoms with van der Waals surface area (Å²) in [4.78, 5) is 17.3. The molecule has 0 atom stereocenters. The van der Waals surface area contributed by atoms with E-state index in [1.165, 1.54) is 0 Å². The number of halogens is 1. The Morgan fingerprint density at radius 2 is 2.09 bits per heavy atom. The van der Waals surface area contributed by atoms with Crippen molar-refractivity contribution in [1.29, 1.82) is 0 Å². The first-order valence-electron chi connectivity index (χ1n) is 7.05. The van der Waals surface area contributed by atoms with E-state index in [1.807, 2.05) is 30.1 Å². The van der Waals surface area contributed by atoms with Crippen LogP contribution in [0.4, 0.5) is 0 Å². The molecule has 0 saturated carbocycles. The van der Waals surface area contributed by atoms with Gasteiger partial charge in [0.05, 0.1) is 6.54 Å². The van der Waals surface area contributed by atoms with Crippen LogP contribution in [0.2, 0.25) is 0 Å². The molecule has 122 valence electrons. The maximum Gasteiger partial charge on any atom is 0.284 e. The normalized spacial score (nSPS) is 11.3. The monoisotopic (exact) mass is 378 g/mol. The minimum Gasteiger partial charge on any atom is -0.454 e. The fourth-order valence-corrected chi connectivity index (χ4v) is 2.52. The number of benzene rings is 1. The second-order valence-electron chi connectivity index (χ2n) is 4.98. The van der Waals surface area contributed by atoms with Crippen molar-refractivity contribution < 1.29 is 9.21 Å². The number of furan rings is 1. The second-order valence-corrected chi connectivity index (χ2v) is 5.83. The molecule has 0 bridgehead atoms. The second kappa shape index (κ2) is 7.82. The van der Waals surface area contributed by atoms with Crippen molar-refractivity contribution in [2.45, 2.75) is 13.1 Å². The van der Waals surface area contributed by atoms with E-state index in [9.17, 15) is 4.79 Å². The summed E-state index contributed by atoms with van der Waals surface area (Å²) in [5.74, 6) is 0.914. The molecule has 0 radical (unpaired) electrons. The molecule has 1 amide bonds. The highest BCUT2D eigenvalue weighted by atomic mass is 79.9. The molecular weight excluding hydrogens is 360 g/mol. The third kappa shape index (κ3) is 4.59. The minimum atomic E-state index is -0.577. The van der Waals surface area contributed by atoms with Gasteiger partial charge in [-0.05, 0) is 23.8 Å². The molecule has 2 aromatic rings. The molecule has 0 fully saturated rings. The first-order chi connectivity index (χ1) is 11.0. The van der Waals surface area contributed by atoms with Crippen LogP contribution in [0.5, 0.6) is 0 Å². The lowest BCUT2D eigenvalue weighted by Gasteiger charge is -2.22. The Morgan fingerprint density at radius 1 is 1.35 bits per heavy atom. The van der Waals surface area contributed by atoms with Gasteiger partial charge in [0.1, 0.15) is 5.76 Å². The minimum absolute atomic E-state index is 0.151. The predicted octanol–water partition coefficient (Wildman–Crippen LogP) is 2.35. The van der Waals surface area contributed by atoms with Gasteiger partial charge >= 0.3 is 0 Å². The molecule has 3 N–H and O–H groups in total. The van der Waals surface area contributed by atoms with Crippen LogP contribution in [0.25, 0.3) is 0 Å². The third-order valence-corrected chi connectivity index (χ3v) is 4.04. The highest BCUT2D eigenvalue weighted by molar-refractivity contribution is 9.10. The Hall–Kier alpha value is -2.28. The van der Waals surface area contributed by atoms with E-state index in [1.54, 1.807) is 19.2 Å². The van der Waals surface area contributed by atoms with E-state index in [0.29, 0.717) is 18.8 Å². The number of nitrogens with one attached hydrogen (secondary N) is 1. The zero-order valence-electron chi connectivity index (χ0n) is 13.0. The molecule has 0 aliphatic carbocycles. The molecule has 0 unspecified atom stereocenters. The van der Waals surface area contributed by atoms with Crippen molar-refractivity contribution in [2.24, 2.45) is 10.7 Å². The maximum atomic E-state index is 11.0. The Labute approximate surface area is 143 Å². The van der Waals surface area contributed by atoms with Crippen molar-refractivity contribution in [1.82, 2.24) is 10.2 Å². The first-order valence-corrected chi connectivity index (χ1v) is 7.84. The van der Waals surface area contributed by atoms with Crippen molar-refractivity contribution in [3.05, 3.63) is 58.0 Å². The first kappa shape index (κ1) is 17.1. The Kier molecular flexibility index (Phi) is 5.81. The van der Waals surface area contributed by atoms with E-state index < -0.39 is 5.91 Å². The van der Waals surface area contributed by atoms with E-state index in [4.69, 9.17) is 10.2 Å². The lowest BCUT2D eigenvalue weighted by molar-refractivity contribution is 0.0972. The smallest absolute Gasteiger partial charge is 0.284 e. The predicted molar refractivity (Wildman–Crippen MR) is 93.0 cm³/mol. The van der Waals surface area contributed by atoms with Crippen molar-refractivity contribution in [2.75, 3.05) is 14.1 Å². The maximum absolute atomic E-state index is 11.0. The largest absolute Gasteiger partial charge is 0.454 e. The number of carbonyl (C=O) groups is 1. The molecule has 1 aromatic heterocycles. The lowest BCUT2D eigenvalue weighted by Crippen LogP contribution is -2.38. The van der Waals surface area contributed by atoms with Crippen LogP contribution in [0.15, 0.2) is 50.3 Å². The number of guanidine groups is 1. The quantitative estimate of drug-likeness (QED) is 0.617. The fraction of sp³-hybridized carbons (Fsp3) is 0.250. The van der Waals surface area contributed by atoms with Gasteiger partial charge in [0, 0.05) is 25.1 Å². The summed E-state index contributed by atoms with van der Waals surface area (Å²) in [7, 11) is 3.67. The zero-order chi connectivity index (χ0) is 16.8. The molecule has 0 saturated heterocycles. The summed E-state index contributed by atoms with van der Waals surface area (Å²) in [5, 5.41) is 3.19. The van der Waals surface area contributed by atoms with Crippen molar-refractivity contribution >= 4 is 27.8 Å². The standard InChI is InChI=1S/C16H19BrN4O2/c1-19-16(20-9-12-7-8-14(23-12)15(18)22)21(2)10-11-5-3-4-6-13(11)17/h3-8H,9-10H2,1-2H3,(H2,18,22)(H,19,20). The fourth-order valence-electron chi connectivity index (χ4n) is 2.11. The Balaban J connectivity index is 1.96. The zero-order valence-corrected chi connectivity index (χ0v) is 14.6. The van der Waals surface area contributed by atoms with Gasteiger partial charge < -0.3 is 20.4 Å². The van der Waals surface area contributed by atoms with Crippen LogP contribution in [0.1, 0.15) is 21.9 Å². The van der Waals surface area contributed by atoms with E-state index >= 15 is 0 Å². The third-order valence-electron chi connectivity index (χ3n) is 3.26. The van der Waals surface area contributed by atoms with Crippen molar-refractivity contribution in [3.8, 4) is 0 Å². The number of nitrogens with zero attached hydrogens (tertiary/aromatic N) is 2. The van der Waals surface area contributed by atoms with Gasteiger partial charge in [0.25, 0.3) is 5.91 Å². The number of hydrogen-bond donors (Lipinski definition) is 2. The van der Waals surface area contributed by atoms with E-state index in [-0.39, 0.29) is 5.76 Å². The molecule has 1 heterocycles. The van der Waals surface area contributed by atoms with Gasteiger partial charge in [-0.1, -0.05) is 34.1 Å². The lowest BCUT2D eigenvalue weighted by atomic mass is 10.2. The number of primary amides is 1. The molecule has 2 rings (SSSR count). The average molecular weight is 379 g/mol. The molecule has 7 heteroatoms. The molecule has 23 heavy (non-hydrogen) atoms. The summed E-state index contributed by atoms with van der Waals surface area (Å²) in [6.45, 7) is 1.12. The molecule has 0 aliphatic rings. The van der Waals surface area contributed by atoms with Crippen LogP contribution < -0.4 is 11.1 Å². The number of amides is 1. The highest BCUT2D eigenvalue weighted by Gasteiger charge is 2.11. The summed E-state index contributed by atoms with van der Waals surface area (Å²) in [6, 6.07) is 11.3. The number of nitrogens with two attached hydrogens (primary N) is 1. The number of carbonyl (C=O) groups excluding carboxylic acids is 1. The summed E-state index contributed by atoms with van der Waals surface area (Å²) >= 11 is 3.54. The number of rotatable bonds is 5. The Morgan fingerprint density at radius 3 is 2.70 bits per heavy atom.